The Morgan fingerprint density at radius 3 is 2.37 bits per heavy atom. The quantitative estimate of drug-likeness (QED) is 0.575. The van der Waals surface area contributed by atoms with Crippen molar-refractivity contribution in [3.63, 3.8) is 0 Å². The third-order valence-electron chi connectivity index (χ3n) is 4.93. The molecule has 6 nitrogen and oxygen atoms in total. The van der Waals surface area contributed by atoms with E-state index in [0.717, 1.165) is 11.1 Å². The number of benzene rings is 2. The standard InChI is InChI=1S/C22H23ClN2O4S/c1-14-5-4-6-17(11-14)20-24-21(30(26,27)19-9-7-18(23)8-10-19)22(29-20)25-12-15(2)28-16(3)13-25/h4-11,15-16H,12-13H2,1-3H3/t15-,16-/m0/s1. The lowest BCUT2D eigenvalue weighted by Gasteiger charge is -2.35. The van der Waals surface area contributed by atoms with Crippen molar-refractivity contribution >= 4 is 27.3 Å². The molecule has 30 heavy (non-hydrogen) atoms. The number of aromatic nitrogens is 1. The van der Waals surface area contributed by atoms with Gasteiger partial charge < -0.3 is 14.1 Å². The number of hydrogen-bond acceptors (Lipinski definition) is 6. The summed E-state index contributed by atoms with van der Waals surface area (Å²) >= 11 is 5.94. The molecule has 0 saturated carbocycles. The van der Waals surface area contributed by atoms with E-state index in [1.54, 1.807) is 12.1 Å². The summed E-state index contributed by atoms with van der Waals surface area (Å²) in [4.78, 5) is 6.46. The summed E-state index contributed by atoms with van der Waals surface area (Å²) in [6, 6.07) is 13.7. The molecular formula is C22H23ClN2O4S. The van der Waals surface area contributed by atoms with E-state index in [0.29, 0.717) is 18.1 Å². The molecule has 0 N–H and O–H groups in total. The number of aryl methyl sites for hydroxylation is 1. The Labute approximate surface area is 181 Å². The number of anilines is 1. The average Bonchev–Trinajstić information content (AvgIpc) is 3.14. The normalized spacial score (nSPS) is 19.8. The van der Waals surface area contributed by atoms with Crippen LogP contribution in [-0.4, -0.2) is 38.7 Å². The van der Waals surface area contributed by atoms with Gasteiger partial charge in [0.2, 0.25) is 26.6 Å². The van der Waals surface area contributed by atoms with Crippen molar-refractivity contribution in [2.45, 2.75) is 42.9 Å². The highest BCUT2D eigenvalue weighted by Crippen LogP contribution is 2.36. The summed E-state index contributed by atoms with van der Waals surface area (Å²) < 4.78 is 38.8. The van der Waals surface area contributed by atoms with Crippen LogP contribution in [0.15, 0.2) is 62.9 Å². The molecule has 3 aromatic rings. The van der Waals surface area contributed by atoms with Crippen molar-refractivity contribution in [2.24, 2.45) is 0 Å². The number of rotatable bonds is 4. The van der Waals surface area contributed by atoms with Crippen LogP contribution in [-0.2, 0) is 14.6 Å². The first-order valence-electron chi connectivity index (χ1n) is 9.73. The van der Waals surface area contributed by atoms with E-state index >= 15 is 0 Å². The predicted molar refractivity (Wildman–Crippen MR) is 116 cm³/mol. The first-order valence-corrected chi connectivity index (χ1v) is 11.6. The molecule has 0 radical (unpaired) electrons. The number of oxazole rings is 1. The minimum atomic E-state index is -3.91. The maximum atomic E-state index is 13.5. The molecule has 2 aromatic carbocycles. The zero-order valence-corrected chi connectivity index (χ0v) is 18.6. The Balaban J connectivity index is 1.86. The van der Waals surface area contributed by atoms with Crippen molar-refractivity contribution in [3.05, 3.63) is 59.1 Å². The van der Waals surface area contributed by atoms with Gasteiger partial charge in [-0.2, -0.15) is 4.98 Å². The van der Waals surface area contributed by atoms with Crippen LogP contribution in [0.2, 0.25) is 5.02 Å². The second kappa shape index (κ2) is 8.06. The van der Waals surface area contributed by atoms with Crippen LogP contribution >= 0.6 is 11.6 Å². The lowest BCUT2D eigenvalue weighted by Crippen LogP contribution is -2.45. The molecule has 0 unspecified atom stereocenters. The molecule has 0 bridgehead atoms. The molecule has 1 aliphatic rings. The predicted octanol–water partition coefficient (Wildman–Crippen LogP) is 4.75. The summed E-state index contributed by atoms with van der Waals surface area (Å²) in [5.41, 5.74) is 1.76. The van der Waals surface area contributed by atoms with Crippen LogP contribution in [0.1, 0.15) is 19.4 Å². The van der Waals surface area contributed by atoms with Crippen LogP contribution in [0.25, 0.3) is 11.5 Å². The number of sulfone groups is 1. The van der Waals surface area contributed by atoms with Gasteiger partial charge in [0.05, 0.1) is 17.1 Å². The summed E-state index contributed by atoms with van der Waals surface area (Å²) in [5.74, 6) is 0.511. The van der Waals surface area contributed by atoms with Gasteiger partial charge in [0.15, 0.2) is 0 Å². The fourth-order valence-electron chi connectivity index (χ4n) is 3.64. The number of morpholine rings is 1. The fourth-order valence-corrected chi connectivity index (χ4v) is 5.09. The SMILES string of the molecule is Cc1cccc(-c2nc(S(=O)(=O)c3ccc(Cl)cc3)c(N3C[C@H](C)O[C@@H](C)C3)o2)c1. The van der Waals surface area contributed by atoms with Crippen molar-refractivity contribution in [2.75, 3.05) is 18.0 Å². The highest BCUT2D eigenvalue weighted by atomic mass is 35.5. The Morgan fingerprint density at radius 2 is 1.73 bits per heavy atom. The molecule has 0 amide bonds. The van der Waals surface area contributed by atoms with Gasteiger partial charge in [-0.15, -0.1) is 0 Å². The Bertz CT molecular complexity index is 1150. The Morgan fingerprint density at radius 1 is 1.07 bits per heavy atom. The molecule has 1 saturated heterocycles. The zero-order valence-electron chi connectivity index (χ0n) is 17.0. The average molecular weight is 447 g/mol. The van der Waals surface area contributed by atoms with E-state index < -0.39 is 9.84 Å². The van der Waals surface area contributed by atoms with Crippen LogP contribution in [0.3, 0.4) is 0 Å². The van der Waals surface area contributed by atoms with E-state index in [9.17, 15) is 8.42 Å². The molecule has 4 rings (SSSR count). The van der Waals surface area contributed by atoms with Gasteiger partial charge in [-0.3, -0.25) is 0 Å². The van der Waals surface area contributed by atoms with Gasteiger partial charge in [0.25, 0.3) is 0 Å². The van der Waals surface area contributed by atoms with Crippen LogP contribution < -0.4 is 4.90 Å². The topological polar surface area (TPSA) is 72.6 Å². The summed E-state index contributed by atoms with van der Waals surface area (Å²) in [7, 11) is -3.91. The highest BCUT2D eigenvalue weighted by Gasteiger charge is 2.34. The molecule has 8 heteroatoms. The number of hydrogen-bond donors (Lipinski definition) is 0. The molecule has 2 heterocycles. The van der Waals surface area contributed by atoms with E-state index in [2.05, 4.69) is 4.98 Å². The highest BCUT2D eigenvalue weighted by molar-refractivity contribution is 7.91. The monoisotopic (exact) mass is 446 g/mol. The molecule has 2 atom stereocenters. The summed E-state index contributed by atoms with van der Waals surface area (Å²) in [6.45, 7) is 6.89. The third-order valence-corrected chi connectivity index (χ3v) is 6.85. The summed E-state index contributed by atoms with van der Waals surface area (Å²) in [5, 5.41) is 0.369. The first-order chi connectivity index (χ1) is 14.2. The second-order valence-corrected chi connectivity index (χ2v) is 9.92. The Hall–Kier alpha value is -2.35. The Kier molecular flexibility index (Phi) is 5.61. The lowest BCUT2D eigenvalue weighted by atomic mass is 10.1. The molecule has 1 aliphatic heterocycles. The smallest absolute Gasteiger partial charge is 0.236 e. The molecular weight excluding hydrogens is 424 g/mol. The van der Waals surface area contributed by atoms with Crippen molar-refractivity contribution in [1.29, 1.82) is 0 Å². The summed E-state index contributed by atoms with van der Waals surface area (Å²) in [6.07, 6.45) is -0.125. The molecule has 1 aromatic heterocycles. The largest absolute Gasteiger partial charge is 0.419 e. The van der Waals surface area contributed by atoms with Gasteiger partial charge in [-0.25, -0.2) is 8.42 Å². The van der Waals surface area contributed by atoms with E-state index in [-0.39, 0.29) is 33.9 Å². The van der Waals surface area contributed by atoms with E-state index in [1.165, 1.54) is 12.1 Å². The van der Waals surface area contributed by atoms with Gasteiger partial charge in [0, 0.05) is 23.7 Å². The second-order valence-electron chi connectivity index (χ2n) is 7.62. The minimum absolute atomic E-state index is 0.0626. The maximum Gasteiger partial charge on any atom is 0.236 e. The maximum absolute atomic E-state index is 13.5. The molecule has 0 spiro atoms. The molecule has 0 aliphatic carbocycles. The van der Waals surface area contributed by atoms with Gasteiger partial charge >= 0.3 is 0 Å². The van der Waals surface area contributed by atoms with Crippen LogP contribution in [0.5, 0.6) is 0 Å². The molecule has 1 fully saturated rings. The lowest BCUT2D eigenvalue weighted by molar-refractivity contribution is -0.00657. The van der Waals surface area contributed by atoms with Crippen molar-refractivity contribution in [1.82, 2.24) is 4.98 Å². The van der Waals surface area contributed by atoms with E-state index in [4.69, 9.17) is 20.8 Å². The van der Waals surface area contributed by atoms with Crippen molar-refractivity contribution in [3.8, 4) is 11.5 Å². The van der Waals surface area contributed by atoms with Crippen LogP contribution in [0.4, 0.5) is 5.88 Å². The van der Waals surface area contributed by atoms with Gasteiger partial charge in [-0.05, 0) is 57.2 Å². The van der Waals surface area contributed by atoms with Crippen LogP contribution in [0, 0.1) is 6.92 Å². The molecule has 158 valence electrons. The van der Waals surface area contributed by atoms with Crippen molar-refractivity contribution < 1.29 is 17.6 Å². The fraction of sp³-hybridized carbons (Fsp3) is 0.318. The van der Waals surface area contributed by atoms with Gasteiger partial charge in [0.1, 0.15) is 0 Å². The zero-order chi connectivity index (χ0) is 21.5. The number of nitrogens with zero attached hydrogens (tertiary/aromatic N) is 2. The minimum Gasteiger partial charge on any atom is -0.419 e. The number of halogens is 1. The first kappa shape index (κ1) is 20.9. The van der Waals surface area contributed by atoms with Gasteiger partial charge in [-0.1, -0.05) is 29.3 Å². The third kappa shape index (κ3) is 4.10. The van der Waals surface area contributed by atoms with E-state index in [1.807, 2.05) is 49.9 Å². The number of ether oxygens (including phenoxy) is 1.